The topological polar surface area (TPSA) is 41.9 Å². The van der Waals surface area contributed by atoms with E-state index in [-0.39, 0.29) is 0 Å². The second-order valence-corrected chi connectivity index (χ2v) is 7.25. The van der Waals surface area contributed by atoms with Crippen molar-refractivity contribution >= 4 is 11.3 Å². The summed E-state index contributed by atoms with van der Waals surface area (Å²) in [6, 6.07) is 2.91. The first-order chi connectivity index (χ1) is 10.5. The second-order valence-electron chi connectivity index (χ2n) is 6.39. The van der Waals surface area contributed by atoms with Crippen molar-refractivity contribution in [3.63, 3.8) is 0 Å². The molecule has 1 fully saturated rings. The molecule has 1 aliphatic rings. The molecule has 0 saturated carbocycles. The third-order valence-electron chi connectivity index (χ3n) is 4.22. The Kier molecular flexibility index (Phi) is 4.54. The van der Waals surface area contributed by atoms with Crippen LogP contribution in [0.15, 0.2) is 11.4 Å². The van der Waals surface area contributed by atoms with E-state index in [1.165, 1.54) is 12.8 Å². The Bertz CT molecular complexity index is 650. The van der Waals surface area contributed by atoms with Crippen LogP contribution in [0.3, 0.4) is 0 Å². The van der Waals surface area contributed by atoms with Gasteiger partial charge in [0, 0.05) is 22.8 Å². The zero-order chi connectivity index (χ0) is 15.7. The van der Waals surface area contributed by atoms with Crippen molar-refractivity contribution in [2.75, 3.05) is 6.54 Å². The van der Waals surface area contributed by atoms with Gasteiger partial charge in [-0.05, 0) is 53.1 Å². The summed E-state index contributed by atoms with van der Waals surface area (Å²) in [4.78, 5) is 16.7. The smallest absolute Gasteiger partial charge is 0.146 e. The van der Waals surface area contributed by atoms with Gasteiger partial charge in [-0.15, -0.1) is 11.3 Å². The minimum absolute atomic E-state index is 0.341. The van der Waals surface area contributed by atoms with Crippen LogP contribution in [0, 0.1) is 13.8 Å². The van der Waals surface area contributed by atoms with Gasteiger partial charge in [0.25, 0.3) is 0 Å². The maximum Gasteiger partial charge on any atom is 0.146 e. The highest BCUT2D eigenvalue weighted by molar-refractivity contribution is 7.13. The molecule has 0 spiro atoms. The van der Waals surface area contributed by atoms with Gasteiger partial charge in [0.15, 0.2) is 0 Å². The molecule has 0 unspecified atom stereocenters. The molecule has 1 atom stereocenters. The predicted octanol–water partition coefficient (Wildman–Crippen LogP) is 4.15. The molecule has 3 rings (SSSR count). The van der Waals surface area contributed by atoms with Crippen molar-refractivity contribution in [3.05, 3.63) is 28.7 Å². The summed E-state index contributed by atoms with van der Waals surface area (Å²) >= 11 is 1.66. The summed E-state index contributed by atoms with van der Waals surface area (Å²) in [6.07, 6.45) is 3.69. The quantitative estimate of drug-likeness (QED) is 0.853. The average Bonchev–Trinajstić information content (AvgIpc) is 2.93. The van der Waals surface area contributed by atoms with Crippen LogP contribution in [0.5, 0.6) is 0 Å². The fourth-order valence-corrected chi connectivity index (χ4v) is 3.93. The molecule has 2 aromatic rings. The van der Waals surface area contributed by atoms with Crippen molar-refractivity contribution in [2.24, 2.45) is 0 Å². The molecule has 4 nitrogen and oxygen atoms in total. The summed E-state index contributed by atoms with van der Waals surface area (Å²) in [5, 5.41) is 3.07. The average molecular weight is 316 g/mol. The Hall–Kier alpha value is -1.33. The molecule has 1 saturated heterocycles. The lowest BCUT2D eigenvalue weighted by molar-refractivity contribution is 0.106. The van der Waals surface area contributed by atoms with Gasteiger partial charge < -0.3 is 0 Å². The van der Waals surface area contributed by atoms with E-state index in [4.69, 9.17) is 9.97 Å². The Balaban J connectivity index is 1.98. The minimum atomic E-state index is 0.341. The van der Waals surface area contributed by atoms with Gasteiger partial charge in [0.1, 0.15) is 16.5 Å². The molecule has 0 aromatic carbocycles. The van der Waals surface area contributed by atoms with Crippen LogP contribution in [0.2, 0.25) is 0 Å². The van der Waals surface area contributed by atoms with E-state index in [1.807, 2.05) is 13.0 Å². The van der Waals surface area contributed by atoms with Crippen molar-refractivity contribution in [2.45, 2.75) is 59.0 Å². The molecule has 0 N–H and O–H groups in total. The SMILES string of the molecule is Cc1cc(-c2nc(C)cs2)nc([C@H]2CCCCN2C(C)C)n1. The van der Waals surface area contributed by atoms with Crippen LogP contribution in [-0.4, -0.2) is 32.4 Å². The highest BCUT2D eigenvalue weighted by atomic mass is 32.1. The van der Waals surface area contributed by atoms with E-state index in [1.54, 1.807) is 11.3 Å². The third kappa shape index (κ3) is 3.20. The van der Waals surface area contributed by atoms with Gasteiger partial charge in [-0.1, -0.05) is 6.42 Å². The molecule has 118 valence electrons. The van der Waals surface area contributed by atoms with E-state index in [9.17, 15) is 0 Å². The van der Waals surface area contributed by atoms with Crippen molar-refractivity contribution in [1.82, 2.24) is 19.9 Å². The molecule has 5 heteroatoms. The normalized spacial score (nSPS) is 19.8. The number of aryl methyl sites for hydroxylation is 2. The minimum Gasteiger partial charge on any atom is -0.291 e. The third-order valence-corrected chi connectivity index (χ3v) is 5.20. The molecular formula is C17H24N4S. The van der Waals surface area contributed by atoms with Crippen LogP contribution >= 0.6 is 11.3 Å². The van der Waals surface area contributed by atoms with Crippen molar-refractivity contribution < 1.29 is 0 Å². The van der Waals surface area contributed by atoms with Gasteiger partial charge >= 0.3 is 0 Å². The van der Waals surface area contributed by atoms with E-state index in [2.05, 4.69) is 36.0 Å². The Morgan fingerprint density at radius 2 is 1.95 bits per heavy atom. The number of rotatable bonds is 3. The van der Waals surface area contributed by atoms with E-state index in [0.717, 1.165) is 40.9 Å². The lowest BCUT2D eigenvalue weighted by Gasteiger charge is -2.37. The first-order valence-corrected chi connectivity index (χ1v) is 8.96. The molecular weight excluding hydrogens is 292 g/mol. The van der Waals surface area contributed by atoms with Crippen LogP contribution < -0.4 is 0 Å². The number of nitrogens with zero attached hydrogens (tertiary/aromatic N) is 4. The first kappa shape index (κ1) is 15.6. The van der Waals surface area contributed by atoms with Crippen LogP contribution in [0.25, 0.3) is 10.7 Å². The van der Waals surface area contributed by atoms with E-state index >= 15 is 0 Å². The number of piperidine rings is 1. The molecule has 3 heterocycles. The van der Waals surface area contributed by atoms with Crippen LogP contribution in [0.1, 0.15) is 56.4 Å². The molecule has 22 heavy (non-hydrogen) atoms. The molecule has 0 bridgehead atoms. The highest BCUT2D eigenvalue weighted by Gasteiger charge is 2.28. The number of aromatic nitrogens is 3. The number of hydrogen-bond donors (Lipinski definition) is 0. The standard InChI is InChI=1S/C17H24N4S/c1-11(2)21-8-6-5-7-15(21)16-18-12(3)9-14(20-16)17-19-13(4)10-22-17/h9-11,15H,5-8H2,1-4H3/t15-/m1/s1. The van der Waals surface area contributed by atoms with Crippen LogP contribution in [0.4, 0.5) is 0 Å². The van der Waals surface area contributed by atoms with Gasteiger partial charge in [0.05, 0.1) is 6.04 Å². The molecule has 1 aliphatic heterocycles. The summed E-state index contributed by atoms with van der Waals surface area (Å²) in [5.74, 6) is 0.969. The number of thiazole rings is 1. The van der Waals surface area contributed by atoms with E-state index < -0.39 is 0 Å². The van der Waals surface area contributed by atoms with Gasteiger partial charge in [-0.2, -0.15) is 0 Å². The Labute approximate surface area is 136 Å². The van der Waals surface area contributed by atoms with Gasteiger partial charge in [-0.3, -0.25) is 4.90 Å². The first-order valence-electron chi connectivity index (χ1n) is 8.08. The Morgan fingerprint density at radius 1 is 1.14 bits per heavy atom. The summed E-state index contributed by atoms with van der Waals surface area (Å²) < 4.78 is 0. The van der Waals surface area contributed by atoms with Crippen molar-refractivity contribution in [1.29, 1.82) is 0 Å². The summed E-state index contributed by atoms with van der Waals surface area (Å²) in [5.41, 5.74) is 3.05. The van der Waals surface area contributed by atoms with E-state index in [0.29, 0.717) is 12.1 Å². The summed E-state index contributed by atoms with van der Waals surface area (Å²) in [7, 11) is 0. The Morgan fingerprint density at radius 3 is 2.64 bits per heavy atom. The zero-order valence-electron chi connectivity index (χ0n) is 13.8. The lowest BCUT2D eigenvalue weighted by Crippen LogP contribution is -2.39. The maximum atomic E-state index is 4.87. The predicted molar refractivity (Wildman–Crippen MR) is 91.0 cm³/mol. The van der Waals surface area contributed by atoms with Crippen molar-refractivity contribution in [3.8, 4) is 10.7 Å². The van der Waals surface area contributed by atoms with Crippen LogP contribution in [-0.2, 0) is 0 Å². The summed E-state index contributed by atoms with van der Waals surface area (Å²) in [6.45, 7) is 9.75. The lowest BCUT2D eigenvalue weighted by atomic mass is 9.99. The molecule has 0 aliphatic carbocycles. The molecule has 2 aromatic heterocycles. The molecule has 0 radical (unpaired) electrons. The number of hydrogen-bond acceptors (Lipinski definition) is 5. The molecule has 0 amide bonds. The second kappa shape index (κ2) is 6.42. The number of likely N-dealkylation sites (tertiary alicyclic amines) is 1. The maximum absolute atomic E-state index is 4.87. The fourth-order valence-electron chi connectivity index (χ4n) is 3.17. The van der Waals surface area contributed by atoms with Gasteiger partial charge in [-0.25, -0.2) is 15.0 Å². The highest BCUT2D eigenvalue weighted by Crippen LogP contribution is 2.32. The van der Waals surface area contributed by atoms with Gasteiger partial charge in [0.2, 0.25) is 0 Å². The zero-order valence-corrected chi connectivity index (χ0v) is 14.7. The fraction of sp³-hybridized carbons (Fsp3) is 0.588. The monoisotopic (exact) mass is 316 g/mol. The largest absolute Gasteiger partial charge is 0.291 e.